The smallest absolute Gasteiger partial charge is 0.516 e. The average Bonchev–Trinajstić information content (AvgIpc) is 1.99. The van der Waals surface area contributed by atoms with Gasteiger partial charge in [0.1, 0.15) is 0 Å². The maximum Gasteiger partial charge on any atom is 0.712 e. The molecule has 0 rings (SSSR count). The van der Waals surface area contributed by atoms with Crippen molar-refractivity contribution in [2.24, 2.45) is 0 Å². The van der Waals surface area contributed by atoms with Gasteiger partial charge in [0.15, 0.2) is 0 Å². The van der Waals surface area contributed by atoms with Crippen molar-refractivity contribution in [3.63, 3.8) is 0 Å². The van der Waals surface area contributed by atoms with Crippen LogP contribution in [0.2, 0.25) is 0 Å². The maximum atomic E-state index is 5.11. The van der Waals surface area contributed by atoms with Gasteiger partial charge in [-0.3, -0.25) is 0 Å². The highest BCUT2D eigenvalue weighted by molar-refractivity contribution is 6.36. The summed E-state index contributed by atoms with van der Waals surface area (Å²) < 4.78 is 14.7. The lowest BCUT2D eigenvalue weighted by molar-refractivity contribution is 0.169. The van der Waals surface area contributed by atoms with Crippen LogP contribution in [0.1, 0.15) is 13.8 Å². The molecule has 0 bridgehead atoms. The predicted octanol–water partition coefficient (Wildman–Crippen LogP) is 1.20. The molecule has 10 heavy (non-hydrogen) atoms. The lowest BCUT2D eigenvalue weighted by Crippen LogP contribution is -2.22. The van der Waals surface area contributed by atoms with Crippen LogP contribution in [0.25, 0.3) is 0 Å². The Kier molecular flexibility index (Phi) is 5.07. The van der Waals surface area contributed by atoms with Gasteiger partial charge in [-0.25, -0.2) is 0 Å². The first-order valence-corrected chi connectivity index (χ1v) is 3.09. The van der Waals surface area contributed by atoms with E-state index in [1.807, 2.05) is 19.9 Å². The summed E-state index contributed by atoms with van der Waals surface area (Å²) in [5, 5.41) is 0. The molecule has 0 saturated carbocycles. The molecular weight excluding hydrogens is 131 g/mol. The third kappa shape index (κ3) is 3.53. The van der Waals surface area contributed by atoms with Crippen LogP contribution in [0.3, 0.4) is 0 Å². The lowest BCUT2D eigenvalue weighted by Gasteiger charge is -2.09. The van der Waals surface area contributed by atoms with Gasteiger partial charge in [0.25, 0.3) is 0 Å². The molecule has 3 nitrogen and oxygen atoms in total. The van der Waals surface area contributed by atoms with Crippen molar-refractivity contribution in [1.29, 1.82) is 0 Å². The van der Waals surface area contributed by atoms with Gasteiger partial charge in [-0.1, -0.05) is 6.08 Å². The van der Waals surface area contributed by atoms with Crippen LogP contribution in [-0.4, -0.2) is 21.5 Å². The Hall–Kier alpha value is -0.475. The van der Waals surface area contributed by atoms with Crippen molar-refractivity contribution in [2.45, 2.75) is 13.8 Å². The molecule has 0 spiro atoms. The molecule has 0 unspecified atom stereocenters. The van der Waals surface area contributed by atoms with Crippen molar-refractivity contribution in [3.05, 3.63) is 11.8 Å². The first kappa shape index (κ1) is 9.52. The highest BCUT2D eigenvalue weighted by atomic mass is 16.7. The molecule has 0 N–H and O–H groups in total. The summed E-state index contributed by atoms with van der Waals surface area (Å²) in [6.07, 6.45) is 1.84. The second-order valence-corrected chi connectivity index (χ2v) is 1.78. The molecule has 0 heterocycles. The van der Waals surface area contributed by atoms with E-state index < -0.39 is 7.32 Å². The molecule has 0 fully saturated rings. The summed E-state index contributed by atoms with van der Waals surface area (Å²) in [7, 11) is 2.46. The summed E-state index contributed by atoms with van der Waals surface area (Å²) in [4.78, 5) is 0. The third-order valence-electron chi connectivity index (χ3n) is 1.07. The summed E-state index contributed by atoms with van der Waals surface area (Å²) >= 11 is 0. The summed E-state index contributed by atoms with van der Waals surface area (Å²) in [6.45, 7) is 3.72. The number of hydrogen-bond donors (Lipinski definition) is 0. The van der Waals surface area contributed by atoms with E-state index in [4.69, 9.17) is 14.0 Å². The zero-order chi connectivity index (χ0) is 7.98. The fourth-order valence-electron chi connectivity index (χ4n) is 0.412. The van der Waals surface area contributed by atoms with E-state index in [0.29, 0.717) is 0 Å². The predicted molar refractivity (Wildman–Crippen MR) is 40.3 cm³/mol. The van der Waals surface area contributed by atoms with Crippen molar-refractivity contribution in [3.8, 4) is 0 Å². The minimum atomic E-state index is -0.587. The van der Waals surface area contributed by atoms with Gasteiger partial charge in [-0.15, -0.1) is 0 Å². The second-order valence-electron chi connectivity index (χ2n) is 1.78. The molecule has 4 heteroatoms. The Balaban J connectivity index is 3.63. The van der Waals surface area contributed by atoms with Crippen LogP contribution in [-0.2, 0) is 14.0 Å². The Morgan fingerprint density at radius 3 is 2.10 bits per heavy atom. The summed E-state index contributed by atoms with van der Waals surface area (Å²) in [5.74, 6) is 0.786. The Morgan fingerprint density at radius 1 is 1.30 bits per heavy atom. The minimum absolute atomic E-state index is 0.587. The van der Waals surface area contributed by atoms with Crippen molar-refractivity contribution < 1.29 is 14.0 Å². The number of allylic oxidation sites excluding steroid dienone is 2. The second kappa shape index (κ2) is 5.32. The zero-order valence-electron chi connectivity index (χ0n) is 6.88. The molecule has 0 radical (unpaired) electrons. The Bertz CT molecular complexity index is 110. The first-order chi connectivity index (χ1) is 4.74. The molecule has 0 aliphatic rings. The third-order valence-corrected chi connectivity index (χ3v) is 1.07. The molecule has 0 aromatic rings. The van der Waals surface area contributed by atoms with E-state index in [0.717, 1.165) is 5.76 Å². The quantitative estimate of drug-likeness (QED) is 0.438. The van der Waals surface area contributed by atoms with E-state index in [1.54, 1.807) is 0 Å². The van der Waals surface area contributed by atoms with Crippen LogP contribution in [0, 0.1) is 0 Å². The lowest BCUT2D eigenvalue weighted by atomic mass is 10.2. The standard InChI is InChI=1S/C6H13BO3/c1-5-6(2)10-7(8-3)9-4/h5H,1-4H3/b6-5+. The van der Waals surface area contributed by atoms with E-state index in [9.17, 15) is 0 Å². The average molecular weight is 144 g/mol. The molecule has 0 aliphatic carbocycles. The first-order valence-electron chi connectivity index (χ1n) is 3.09. The van der Waals surface area contributed by atoms with Gasteiger partial charge in [-0.05, 0) is 13.8 Å². The van der Waals surface area contributed by atoms with Gasteiger partial charge in [0, 0.05) is 14.2 Å². The van der Waals surface area contributed by atoms with Gasteiger partial charge in [-0.2, -0.15) is 0 Å². The molecule has 0 saturated heterocycles. The summed E-state index contributed by atoms with van der Waals surface area (Å²) in [6, 6.07) is 0. The Morgan fingerprint density at radius 2 is 1.80 bits per heavy atom. The summed E-state index contributed by atoms with van der Waals surface area (Å²) in [5.41, 5.74) is 0. The highest BCUT2D eigenvalue weighted by Gasteiger charge is 2.18. The Labute approximate surface area is 62.1 Å². The van der Waals surface area contributed by atoms with E-state index in [1.165, 1.54) is 14.2 Å². The molecule has 0 aliphatic heterocycles. The van der Waals surface area contributed by atoms with Gasteiger partial charge in [0.05, 0.1) is 5.76 Å². The van der Waals surface area contributed by atoms with E-state index >= 15 is 0 Å². The molecule has 0 aromatic carbocycles. The van der Waals surface area contributed by atoms with Crippen LogP contribution in [0.15, 0.2) is 11.8 Å². The van der Waals surface area contributed by atoms with Gasteiger partial charge < -0.3 is 14.0 Å². The zero-order valence-corrected chi connectivity index (χ0v) is 6.88. The minimum Gasteiger partial charge on any atom is -0.516 e. The van der Waals surface area contributed by atoms with Crippen LogP contribution >= 0.6 is 0 Å². The van der Waals surface area contributed by atoms with Crippen molar-refractivity contribution >= 4 is 7.32 Å². The van der Waals surface area contributed by atoms with E-state index in [2.05, 4.69) is 0 Å². The normalized spacial score (nSPS) is 11.4. The fraction of sp³-hybridized carbons (Fsp3) is 0.667. The monoisotopic (exact) mass is 144 g/mol. The maximum absolute atomic E-state index is 5.11. The van der Waals surface area contributed by atoms with E-state index in [-0.39, 0.29) is 0 Å². The number of rotatable bonds is 4. The van der Waals surface area contributed by atoms with Gasteiger partial charge in [0.2, 0.25) is 0 Å². The van der Waals surface area contributed by atoms with Crippen molar-refractivity contribution in [2.75, 3.05) is 14.2 Å². The SMILES string of the molecule is C/C=C(\C)OB(OC)OC. The van der Waals surface area contributed by atoms with Crippen LogP contribution in [0.5, 0.6) is 0 Å². The molecule has 0 aromatic heterocycles. The number of hydrogen-bond acceptors (Lipinski definition) is 3. The molecule has 0 amide bonds. The van der Waals surface area contributed by atoms with Gasteiger partial charge >= 0.3 is 7.32 Å². The molecule has 0 atom stereocenters. The topological polar surface area (TPSA) is 27.7 Å². The molecular formula is C6H13BO3. The van der Waals surface area contributed by atoms with Crippen LogP contribution < -0.4 is 0 Å². The largest absolute Gasteiger partial charge is 0.712 e. The molecule has 58 valence electrons. The van der Waals surface area contributed by atoms with Crippen LogP contribution in [0.4, 0.5) is 0 Å². The highest BCUT2D eigenvalue weighted by Crippen LogP contribution is 1.98. The van der Waals surface area contributed by atoms with Crippen molar-refractivity contribution in [1.82, 2.24) is 0 Å². The fourth-order valence-corrected chi connectivity index (χ4v) is 0.412.